The third-order valence-corrected chi connectivity index (χ3v) is 3.03. The number of rotatable bonds is 3. The average molecular weight is 192 g/mol. The minimum atomic E-state index is 1.03. The zero-order chi connectivity index (χ0) is 9.64. The minimum absolute atomic E-state index is 1.03. The summed E-state index contributed by atoms with van der Waals surface area (Å²) in [5.41, 5.74) is 1.65. The van der Waals surface area contributed by atoms with Gasteiger partial charge in [-0.3, -0.25) is 4.99 Å². The molecule has 0 saturated carbocycles. The Morgan fingerprint density at radius 2 is 2.21 bits per heavy atom. The Labute approximate surface area is 86.5 Å². The maximum Gasteiger partial charge on any atom is 0.0963 e. The van der Waals surface area contributed by atoms with E-state index in [-0.39, 0.29) is 0 Å². The van der Waals surface area contributed by atoms with E-state index in [9.17, 15) is 0 Å². The standard InChI is InChI=1S/C12H20N2/c1-2-6-11(5-1)8-10-14-12-7-3-4-9-13-12/h5H,1-4,6-10H2,(H,13,14). The summed E-state index contributed by atoms with van der Waals surface area (Å²) < 4.78 is 0. The van der Waals surface area contributed by atoms with Crippen LogP contribution in [0.5, 0.6) is 0 Å². The first kappa shape index (κ1) is 9.75. The van der Waals surface area contributed by atoms with E-state index in [0.717, 1.165) is 13.1 Å². The monoisotopic (exact) mass is 192 g/mol. The maximum atomic E-state index is 4.48. The molecular weight excluding hydrogens is 172 g/mol. The van der Waals surface area contributed by atoms with Crippen molar-refractivity contribution in [1.82, 2.24) is 5.32 Å². The Morgan fingerprint density at radius 1 is 1.21 bits per heavy atom. The Bertz CT molecular complexity index is 241. The molecule has 78 valence electrons. The van der Waals surface area contributed by atoms with Gasteiger partial charge in [0.15, 0.2) is 0 Å². The lowest BCUT2D eigenvalue weighted by Gasteiger charge is -2.13. The van der Waals surface area contributed by atoms with Crippen molar-refractivity contribution in [2.45, 2.75) is 44.9 Å². The van der Waals surface area contributed by atoms with Gasteiger partial charge >= 0.3 is 0 Å². The Kier molecular flexibility index (Phi) is 3.61. The zero-order valence-electron chi connectivity index (χ0n) is 8.89. The fourth-order valence-corrected chi connectivity index (χ4v) is 2.17. The maximum absolute atomic E-state index is 4.48. The van der Waals surface area contributed by atoms with Crippen molar-refractivity contribution in [3.63, 3.8) is 0 Å². The van der Waals surface area contributed by atoms with Crippen molar-refractivity contribution in [2.75, 3.05) is 13.1 Å². The molecule has 0 bridgehead atoms. The number of aliphatic imine (C=N–C) groups is 1. The average Bonchev–Trinajstić information content (AvgIpc) is 2.72. The molecule has 0 aromatic heterocycles. The first-order valence-electron chi connectivity index (χ1n) is 5.90. The second-order valence-electron chi connectivity index (χ2n) is 4.22. The van der Waals surface area contributed by atoms with Crippen LogP contribution in [-0.4, -0.2) is 18.9 Å². The molecule has 0 spiro atoms. The lowest BCUT2D eigenvalue weighted by Crippen LogP contribution is -2.26. The van der Waals surface area contributed by atoms with Crippen LogP contribution in [0.1, 0.15) is 44.9 Å². The summed E-state index contributed by atoms with van der Waals surface area (Å²) in [6.45, 7) is 2.12. The summed E-state index contributed by atoms with van der Waals surface area (Å²) in [6, 6.07) is 0. The quantitative estimate of drug-likeness (QED) is 0.683. The molecule has 0 amide bonds. The third-order valence-electron chi connectivity index (χ3n) is 3.03. The van der Waals surface area contributed by atoms with Gasteiger partial charge in [0, 0.05) is 19.5 Å². The van der Waals surface area contributed by atoms with Crippen LogP contribution in [0.15, 0.2) is 16.6 Å². The van der Waals surface area contributed by atoms with Crippen molar-refractivity contribution in [2.24, 2.45) is 4.99 Å². The number of nitrogens with zero attached hydrogens (tertiary/aromatic N) is 1. The molecule has 0 radical (unpaired) electrons. The summed E-state index contributed by atoms with van der Waals surface area (Å²) >= 11 is 0. The van der Waals surface area contributed by atoms with Crippen LogP contribution < -0.4 is 5.32 Å². The van der Waals surface area contributed by atoms with Crippen LogP contribution in [0.2, 0.25) is 0 Å². The molecule has 1 N–H and O–H groups in total. The van der Waals surface area contributed by atoms with Crippen LogP contribution in [0.25, 0.3) is 0 Å². The van der Waals surface area contributed by atoms with Gasteiger partial charge in [-0.2, -0.15) is 0 Å². The molecule has 1 aliphatic heterocycles. The third kappa shape index (κ3) is 2.86. The van der Waals surface area contributed by atoms with E-state index in [1.54, 1.807) is 5.57 Å². The van der Waals surface area contributed by atoms with Crippen LogP contribution in [0, 0.1) is 0 Å². The van der Waals surface area contributed by atoms with Crippen LogP contribution in [-0.2, 0) is 0 Å². The molecule has 0 aromatic rings. The molecule has 14 heavy (non-hydrogen) atoms. The molecule has 2 aliphatic rings. The van der Waals surface area contributed by atoms with E-state index in [1.807, 2.05) is 0 Å². The summed E-state index contributed by atoms with van der Waals surface area (Å²) in [5.74, 6) is 1.25. The minimum Gasteiger partial charge on any atom is -0.374 e. The van der Waals surface area contributed by atoms with Gasteiger partial charge in [0.2, 0.25) is 0 Å². The van der Waals surface area contributed by atoms with E-state index in [0.29, 0.717) is 0 Å². The molecule has 1 aliphatic carbocycles. The number of amidine groups is 1. The van der Waals surface area contributed by atoms with Crippen molar-refractivity contribution >= 4 is 5.84 Å². The molecule has 0 saturated heterocycles. The molecule has 1 heterocycles. The number of allylic oxidation sites excluding steroid dienone is 1. The molecule has 2 nitrogen and oxygen atoms in total. The predicted octanol–water partition coefficient (Wildman–Crippen LogP) is 2.66. The lowest BCUT2D eigenvalue weighted by molar-refractivity contribution is 0.701. The molecule has 0 fully saturated rings. The molecule has 2 heteroatoms. The fourth-order valence-electron chi connectivity index (χ4n) is 2.17. The van der Waals surface area contributed by atoms with E-state index in [2.05, 4.69) is 16.4 Å². The van der Waals surface area contributed by atoms with E-state index >= 15 is 0 Å². The summed E-state index contributed by atoms with van der Waals surface area (Å²) in [6.07, 6.45) is 11.4. The second-order valence-corrected chi connectivity index (χ2v) is 4.22. The van der Waals surface area contributed by atoms with Gasteiger partial charge in [0.05, 0.1) is 5.84 Å². The second kappa shape index (κ2) is 5.18. The normalized spacial score (nSPS) is 21.7. The largest absolute Gasteiger partial charge is 0.374 e. The van der Waals surface area contributed by atoms with Crippen molar-refractivity contribution in [3.05, 3.63) is 11.6 Å². The SMILES string of the molecule is C1=C(CCNC2=NCCCC2)CCC1. The van der Waals surface area contributed by atoms with Gasteiger partial charge in [0.25, 0.3) is 0 Å². The van der Waals surface area contributed by atoms with E-state index < -0.39 is 0 Å². The zero-order valence-corrected chi connectivity index (χ0v) is 8.89. The highest BCUT2D eigenvalue weighted by molar-refractivity contribution is 5.82. The van der Waals surface area contributed by atoms with Gasteiger partial charge in [0.1, 0.15) is 0 Å². The topological polar surface area (TPSA) is 24.4 Å². The number of nitrogens with one attached hydrogen (secondary N) is 1. The fraction of sp³-hybridized carbons (Fsp3) is 0.750. The highest BCUT2D eigenvalue weighted by Crippen LogP contribution is 2.19. The van der Waals surface area contributed by atoms with Crippen molar-refractivity contribution in [1.29, 1.82) is 0 Å². The highest BCUT2D eigenvalue weighted by Gasteiger charge is 2.06. The van der Waals surface area contributed by atoms with Gasteiger partial charge in [-0.15, -0.1) is 0 Å². The Balaban J connectivity index is 1.64. The number of hydrogen-bond acceptors (Lipinski definition) is 2. The van der Waals surface area contributed by atoms with Crippen molar-refractivity contribution < 1.29 is 0 Å². The first-order valence-corrected chi connectivity index (χ1v) is 5.90. The molecule has 0 unspecified atom stereocenters. The lowest BCUT2D eigenvalue weighted by atomic mass is 10.1. The van der Waals surface area contributed by atoms with Gasteiger partial charge in [-0.1, -0.05) is 11.6 Å². The molecule has 2 rings (SSSR count). The van der Waals surface area contributed by atoms with E-state index in [1.165, 1.54) is 50.8 Å². The van der Waals surface area contributed by atoms with E-state index in [4.69, 9.17) is 0 Å². The predicted molar refractivity (Wildman–Crippen MR) is 60.7 cm³/mol. The molecular formula is C12H20N2. The van der Waals surface area contributed by atoms with Crippen LogP contribution in [0.3, 0.4) is 0 Å². The Morgan fingerprint density at radius 3 is 2.93 bits per heavy atom. The van der Waals surface area contributed by atoms with Crippen LogP contribution in [0.4, 0.5) is 0 Å². The van der Waals surface area contributed by atoms with Gasteiger partial charge in [-0.25, -0.2) is 0 Å². The Hall–Kier alpha value is -0.790. The van der Waals surface area contributed by atoms with Gasteiger partial charge in [-0.05, 0) is 38.5 Å². The molecule has 0 aromatic carbocycles. The van der Waals surface area contributed by atoms with Crippen LogP contribution >= 0.6 is 0 Å². The smallest absolute Gasteiger partial charge is 0.0963 e. The van der Waals surface area contributed by atoms with Gasteiger partial charge < -0.3 is 5.32 Å². The number of hydrogen-bond donors (Lipinski definition) is 1. The highest BCUT2D eigenvalue weighted by atomic mass is 15.0. The van der Waals surface area contributed by atoms with Crippen molar-refractivity contribution in [3.8, 4) is 0 Å². The summed E-state index contributed by atoms with van der Waals surface area (Å²) in [5, 5.41) is 3.46. The summed E-state index contributed by atoms with van der Waals surface area (Å²) in [4.78, 5) is 4.48. The first-order chi connectivity index (χ1) is 6.95. The molecule has 0 atom stereocenters. The summed E-state index contributed by atoms with van der Waals surface area (Å²) in [7, 11) is 0.